The molecule has 2 aromatic carbocycles. The van der Waals surface area contributed by atoms with Crippen LogP contribution < -0.4 is 5.56 Å². The van der Waals surface area contributed by atoms with Gasteiger partial charge in [-0.25, -0.2) is 8.78 Å². The molecule has 0 saturated heterocycles. The number of phenols is 1. The van der Waals surface area contributed by atoms with E-state index in [1.54, 1.807) is 12.1 Å². The SMILES string of the molecule is O=C(CCOCCc1ccc(F)cc1F)N(CCCCCc1ccc(O)c2[nH]c(=O)ccc12)C1CCCCC1. The summed E-state index contributed by atoms with van der Waals surface area (Å²) < 4.78 is 32.5. The number of carbonyl (C=O) groups is 1. The minimum Gasteiger partial charge on any atom is -0.506 e. The zero-order valence-electron chi connectivity index (χ0n) is 22.4. The predicted octanol–water partition coefficient (Wildman–Crippen LogP) is 6.04. The summed E-state index contributed by atoms with van der Waals surface area (Å²) in [5, 5.41) is 10.9. The maximum absolute atomic E-state index is 13.8. The van der Waals surface area contributed by atoms with Gasteiger partial charge in [0.1, 0.15) is 17.4 Å². The highest BCUT2D eigenvalue weighted by Crippen LogP contribution is 2.27. The van der Waals surface area contributed by atoms with Crippen LogP contribution in [0.4, 0.5) is 8.78 Å². The Kier molecular flexibility index (Phi) is 10.5. The molecule has 0 bridgehead atoms. The Morgan fingerprint density at radius 2 is 1.74 bits per heavy atom. The normalized spacial score (nSPS) is 14.1. The van der Waals surface area contributed by atoms with Crippen molar-refractivity contribution in [3.05, 3.63) is 75.6 Å². The van der Waals surface area contributed by atoms with E-state index >= 15 is 0 Å². The van der Waals surface area contributed by atoms with E-state index in [4.69, 9.17) is 4.74 Å². The Morgan fingerprint density at radius 3 is 2.54 bits per heavy atom. The van der Waals surface area contributed by atoms with Crippen molar-refractivity contribution in [3.63, 3.8) is 0 Å². The highest BCUT2D eigenvalue weighted by atomic mass is 19.1. The van der Waals surface area contributed by atoms with E-state index in [1.807, 2.05) is 11.0 Å². The molecule has 1 amide bonds. The Morgan fingerprint density at radius 1 is 0.949 bits per heavy atom. The maximum atomic E-state index is 13.8. The number of aromatic nitrogens is 1. The number of halogens is 2. The molecular weight excluding hydrogens is 502 g/mol. The second-order valence-corrected chi connectivity index (χ2v) is 10.4. The van der Waals surface area contributed by atoms with E-state index in [0.717, 1.165) is 68.4 Å². The van der Waals surface area contributed by atoms with E-state index in [-0.39, 0.29) is 36.5 Å². The second-order valence-electron chi connectivity index (χ2n) is 10.4. The van der Waals surface area contributed by atoms with Crippen LogP contribution in [0, 0.1) is 11.6 Å². The van der Waals surface area contributed by atoms with Crippen LogP contribution in [0.5, 0.6) is 5.75 Å². The molecule has 4 rings (SSSR count). The number of phenolic OH excluding ortho intramolecular Hbond substituents is 1. The van der Waals surface area contributed by atoms with Gasteiger partial charge in [0.15, 0.2) is 0 Å². The summed E-state index contributed by atoms with van der Waals surface area (Å²) in [5.41, 5.74) is 1.71. The highest BCUT2D eigenvalue weighted by molar-refractivity contribution is 5.87. The molecule has 0 atom stereocenters. The van der Waals surface area contributed by atoms with Gasteiger partial charge in [-0.2, -0.15) is 0 Å². The number of aromatic amines is 1. The molecule has 1 aromatic heterocycles. The van der Waals surface area contributed by atoms with Crippen molar-refractivity contribution in [1.82, 2.24) is 9.88 Å². The van der Waals surface area contributed by atoms with Crippen LogP contribution in [-0.4, -0.2) is 46.7 Å². The first-order chi connectivity index (χ1) is 18.9. The number of fused-ring (bicyclic) bond motifs is 1. The van der Waals surface area contributed by atoms with Crippen LogP contribution in [0.3, 0.4) is 0 Å². The molecule has 0 aliphatic heterocycles. The molecule has 1 heterocycles. The number of rotatable bonds is 13. The second kappa shape index (κ2) is 14.2. The van der Waals surface area contributed by atoms with Crippen LogP contribution in [0.15, 0.2) is 47.3 Å². The number of aryl methyl sites for hydroxylation is 1. The summed E-state index contributed by atoms with van der Waals surface area (Å²) in [7, 11) is 0. The van der Waals surface area contributed by atoms with Gasteiger partial charge in [0.2, 0.25) is 11.5 Å². The number of amides is 1. The Balaban J connectivity index is 1.23. The van der Waals surface area contributed by atoms with Crippen molar-refractivity contribution in [1.29, 1.82) is 0 Å². The lowest BCUT2D eigenvalue weighted by atomic mass is 9.93. The summed E-state index contributed by atoms with van der Waals surface area (Å²) in [6.45, 7) is 1.27. The fourth-order valence-electron chi connectivity index (χ4n) is 5.50. The van der Waals surface area contributed by atoms with Gasteiger partial charge in [0.05, 0.1) is 25.2 Å². The van der Waals surface area contributed by atoms with Crippen molar-refractivity contribution >= 4 is 16.8 Å². The monoisotopic (exact) mass is 540 g/mol. The predicted molar refractivity (Wildman–Crippen MR) is 148 cm³/mol. The average molecular weight is 541 g/mol. The highest BCUT2D eigenvalue weighted by Gasteiger charge is 2.24. The molecule has 0 radical (unpaired) electrons. The lowest BCUT2D eigenvalue weighted by molar-refractivity contribution is -0.135. The minimum atomic E-state index is -0.600. The number of hydrogen-bond donors (Lipinski definition) is 2. The summed E-state index contributed by atoms with van der Waals surface area (Å²) >= 11 is 0. The lowest BCUT2D eigenvalue weighted by Crippen LogP contribution is -2.42. The fraction of sp³-hybridized carbons (Fsp3) is 0.484. The standard InChI is InChI=1S/C31H38F2N2O4/c32-24-12-10-23(27(33)21-24)16-19-39-20-17-30(38)35(25-8-4-1-5-9-25)18-6-2-3-7-22-11-14-28(36)31-26(22)13-15-29(37)34-31/h10-15,21,25,36H,1-9,16-20H2,(H,34,37). The quantitative estimate of drug-likeness (QED) is 0.259. The number of ether oxygens (including phenoxy) is 1. The van der Waals surface area contributed by atoms with Crippen molar-refractivity contribution in [3.8, 4) is 5.75 Å². The van der Waals surface area contributed by atoms with E-state index in [2.05, 4.69) is 4.98 Å². The third-order valence-electron chi connectivity index (χ3n) is 7.64. The first kappa shape index (κ1) is 28.7. The van der Waals surface area contributed by atoms with E-state index in [9.17, 15) is 23.5 Å². The summed E-state index contributed by atoms with van der Waals surface area (Å²) in [5.74, 6) is -1.01. The number of unbranched alkanes of at least 4 members (excludes halogenated alkanes) is 2. The largest absolute Gasteiger partial charge is 0.506 e. The number of pyridine rings is 1. The third-order valence-corrected chi connectivity index (χ3v) is 7.64. The van der Waals surface area contributed by atoms with Gasteiger partial charge < -0.3 is 19.7 Å². The minimum absolute atomic E-state index is 0.0692. The molecule has 2 N–H and O–H groups in total. The van der Waals surface area contributed by atoms with E-state index in [1.165, 1.54) is 24.6 Å². The van der Waals surface area contributed by atoms with Gasteiger partial charge in [0.25, 0.3) is 0 Å². The summed E-state index contributed by atoms with van der Waals surface area (Å²) in [4.78, 5) is 29.5. The number of benzene rings is 2. The van der Waals surface area contributed by atoms with Crippen LogP contribution in [-0.2, 0) is 22.4 Å². The Labute approximate surface area is 228 Å². The molecule has 39 heavy (non-hydrogen) atoms. The number of aromatic hydroxyl groups is 1. The van der Waals surface area contributed by atoms with Crippen LogP contribution >= 0.6 is 0 Å². The van der Waals surface area contributed by atoms with Crippen molar-refractivity contribution in [2.45, 2.75) is 76.7 Å². The molecule has 1 fully saturated rings. The van der Waals surface area contributed by atoms with E-state index in [0.29, 0.717) is 30.5 Å². The number of carbonyl (C=O) groups excluding carboxylic acids is 1. The fourth-order valence-corrected chi connectivity index (χ4v) is 5.50. The molecule has 1 aliphatic carbocycles. The molecule has 0 unspecified atom stereocenters. The van der Waals surface area contributed by atoms with Crippen LogP contribution in [0.2, 0.25) is 0 Å². The number of nitrogens with zero attached hydrogens (tertiary/aromatic N) is 1. The molecule has 3 aromatic rings. The molecule has 8 heteroatoms. The molecule has 1 aliphatic rings. The smallest absolute Gasteiger partial charge is 0.248 e. The first-order valence-corrected chi connectivity index (χ1v) is 14.1. The molecule has 1 saturated carbocycles. The van der Waals surface area contributed by atoms with Crippen molar-refractivity contribution in [2.24, 2.45) is 0 Å². The van der Waals surface area contributed by atoms with E-state index < -0.39 is 11.6 Å². The van der Waals surface area contributed by atoms with Gasteiger partial charge in [-0.1, -0.05) is 37.8 Å². The first-order valence-electron chi connectivity index (χ1n) is 14.1. The van der Waals surface area contributed by atoms with Gasteiger partial charge in [-0.05, 0) is 67.9 Å². The van der Waals surface area contributed by atoms with Gasteiger partial charge in [-0.3, -0.25) is 9.59 Å². The zero-order valence-corrected chi connectivity index (χ0v) is 22.4. The summed E-state index contributed by atoms with van der Waals surface area (Å²) in [6, 6.07) is 10.6. The van der Waals surface area contributed by atoms with Crippen molar-refractivity contribution < 1.29 is 23.4 Å². The van der Waals surface area contributed by atoms with Gasteiger partial charge >= 0.3 is 0 Å². The Bertz CT molecular complexity index is 1300. The number of nitrogens with one attached hydrogen (secondary N) is 1. The van der Waals surface area contributed by atoms with Crippen LogP contribution in [0.1, 0.15) is 68.9 Å². The average Bonchev–Trinajstić information content (AvgIpc) is 2.93. The number of H-pyrrole nitrogens is 1. The molecular formula is C31H38F2N2O4. The van der Waals surface area contributed by atoms with Gasteiger partial charge in [0, 0.05) is 30.1 Å². The van der Waals surface area contributed by atoms with Gasteiger partial charge in [-0.15, -0.1) is 0 Å². The Hall–Kier alpha value is -3.26. The molecule has 6 nitrogen and oxygen atoms in total. The number of hydrogen-bond acceptors (Lipinski definition) is 4. The topological polar surface area (TPSA) is 82.6 Å². The third kappa shape index (κ3) is 8.12. The molecule has 0 spiro atoms. The van der Waals surface area contributed by atoms with Crippen molar-refractivity contribution in [2.75, 3.05) is 19.8 Å². The summed E-state index contributed by atoms with van der Waals surface area (Å²) in [6.07, 6.45) is 9.82. The lowest BCUT2D eigenvalue weighted by Gasteiger charge is -2.34. The van der Waals surface area contributed by atoms with Crippen LogP contribution in [0.25, 0.3) is 10.9 Å². The molecule has 210 valence electrons. The zero-order chi connectivity index (χ0) is 27.6. The maximum Gasteiger partial charge on any atom is 0.248 e.